The zero-order valence-electron chi connectivity index (χ0n) is 29.4. The van der Waals surface area contributed by atoms with Crippen molar-refractivity contribution in [3.63, 3.8) is 0 Å². The fourth-order valence-corrected chi connectivity index (χ4v) is 8.57. The van der Waals surface area contributed by atoms with Crippen LogP contribution in [0.1, 0.15) is 0 Å². The molecule has 0 radical (unpaired) electrons. The number of fused-ring (bicyclic) bond motifs is 9. The second-order valence-electron chi connectivity index (χ2n) is 14.0. The third-order valence-electron chi connectivity index (χ3n) is 11.0. The molecular formula is C52H33NO. The SMILES string of the molecule is c1ccc(N(c2ccc(-c3cc4ccccc4c4ccccc34)cc2)c2cccc3ccccc23)c(-c2cccc3oc4c5ccccc5ccc4c23)c1. The second kappa shape index (κ2) is 12.2. The van der Waals surface area contributed by atoms with Gasteiger partial charge in [-0.25, -0.2) is 0 Å². The highest BCUT2D eigenvalue weighted by molar-refractivity contribution is 6.20. The Morgan fingerprint density at radius 2 is 0.926 bits per heavy atom. The van der Waals surface area contributed by atoms with Gasteiger partial charge in [-0.1, -0.05) is 158 Å². The molecule has 0 unspecified atom stereocenters. The van der Waals surface area contributed by atoms with E-state index >= 15 is 0 Å². The van der Waals surface area contributed by atoms with Crippen LogP contribution in [0.3, 0.4) is 0 Å². The highest BCUT2D eigenvalue weighted by atomic mass is 16.3. The van der Waals surface area contributed by atoms with E-state index in [0.717, 1.165) is 55.5 Å². The Bertz CT molecular complexity index is 3220. The van der Waals surface area contributed by atoms with Crippen LogP contribution in [0.15, 0.2) is 205 Å². The molecule has 0 spiro atoms. The van der Waals surface area contributed by atoms with Gasteiger partial charge in [-0.2, -0.15) is 0 Å². The van der Waals surface area contributed by atoms with Crippen molar-refractivity contribution in [2.45, 2.75) is 0 Å². The van der Waals surface area contributed by atoms with Gasteiger partial charge < -0.3 is 9.32 Å². The molecule has 1 aromatic heterocycles. The molecule has 2 nitrogen and oxygen atoms in total. The van der Waals surface area contributed by atoms with Gasteiger partial charge in [0, 0.05) is 32.8 Å². The van der Waals surface area contributed by atoms with Crippen LogP contribution in [0, 0.1) is 0 Å². The van der Waals surface area contributed by atoms with Gasteiger partial charge in [0.2, 0.25) is 0 Å². The van der Waals surface area contributed by atoms with E-state index in [2.05, 4.69) is 205 Å². The standard InChI is InChI=1S/C52H33NO/c1-5-18-40-34(13-1)16-11-25-48(40)53(38-30-27-36(28-31-38)47-33-37-15-3-4-17-39(37)42-20-7-8-21-43(42)47)49-24-10-9-22-44(49)45-23-12-26-50-51(45)46-32-29-35-14-2-6-19-41(35)52(46)54-50/h1-33H. The number of hydrogen-bond acceptors (Lipinski definition) is 2. The third kappa shape index (κ3) is 4.74. The Morgan fingerprint density at radius 3 is 1.76 bits per heavy atom. The Labute approximate surface area is 312 Å². The minimum absolute atomic E-state index is 0.886. The van der Waals surface area contributed by atoms with Crippen LogP contribution in [0.4, 0.5) is 17.1 Å². The van der Waals surface area contributed by atoms with Crippen LogP contribution < -0.4 is 4.90 Å². The lowest BCUT2D eigenvalue weighted by Crippen LogP contribution is -2.11. The largest absolute Gasteiger partial charge is 0.455 e. The minimum atomic E-state index is 0.886. The van der Waals surface area contributed by atoms with Crippen molar-refractivity contribution in [1.29, 1.82) is 0 Å². The number of para-hydroxylation sites is 1. The highest BCUT2D eigenvalue weighted by Gasteiger charge is 2.22. The summed E-state index contributed by atoms with van der Waals surface area (Å²) in [7, 11) is 0. The van der Waals surface area contributed by atoms with Crippen LogP contribution in [-0.4, -0.2) is 0 Å². The molecule has 0 atom stereocenters. The van der Waals surface area contributed by atoms with E-state index in [1.54, 1.807) is 0 Å². The molecule has 252 valence electrons. The van der Waals surface area contributed by atoms with Gasteiger partial charge in [-0.05, 0) is 91.5 Å². The van der Waals surface area contributed by atoms with Crippen LogP contribution in [-0.2, 0) is 0 Å². The molecule has 0 fully saturated rings. The highest BCUT2D eigenvalue weighted by Crippen LogP contribution is 2.47. The molecular weight excluding hydrogens is 655 g/mol. The monoisotopic (exact) mass is 687 g/mol. The fourth-order valence-electron chi connectivity index (χ4n) is 8.57. The van der Waals surface area contributed by atoms with Gasteiger partial charge in [0.1, 0.15) is 11.2 Å². The number of nitrogens with zero attached hydrogens (tertiary/aromatic N) is 1. The first-order chi connectivity index (χ1) is 26.8. The quantitative estimate of drug-likeness (QED) is 0.168. The molecule has 1 heterocycles. The summed E-state index contributed by atoms with van der Waals surface area (Å²) in [5.74, 6) is 0. The summed E-state index contributed by atoms with van der Waals surface area (Å²) >= 11 is 0. The van der Waals surface area contributed by atoms with Gasteiger partial charge in [0.05, 0.1) is 11.4 Å². The van der Waals surface area contributed by atoms with Crippen molar-refractivity contribution in [3.05, 3.63) is 200 Å². The van der Waals surface area contributed by atoms with Crippen molar-refractivity contribution < 1.29 is 4.42 Å². The van der Waals surface area contributed by atoms with Gasteiger partial charge in [-0.3, -0.25) is 0 Å². The van der Waals surface area contributed by atoms with Gasteiger partial charge in [0.25, 0.3) is 0 Å². The summed E-state index contributed by atoms with van der Waals surface area (Å²) in [6.07, 6.45) is 0. The lowest BCUT2D eigenvalue weighted by Gasteiger charge is -2.29. The van der Waals surface area contributed by atoms with E-state index in [4.69, 9.17) is 4.42 Å². The molecule has 11 aromatic rings. The predicted molar refractivity (Wildman–Crippen MR) is 229 cm³/mol. The zero-order valence-corrected chi connectivity index (χ0v) is 29.4. The number of hydrogen-bond donors (Lipinski definition) is 0. The Balaban J connectivity index is 1.13. The summed E-state index contributed by atoms with van der Waals surface area (Å²) in [6, 6.07) is 72.3. The van der Waals surface area contributed by atoms with Gasteiger partial charge >= 0.3 is 0 Å². The molecule has 0 aliphatic rings. The van der Waals surface area contributed by atoms with Crippen LogP contribution in [0.5, 0.6) is 0 Å². The topological polar surface area (TPSA) is 16.4 Å². The first kappa shape index (κ1) is 30.5. The summed E-state index contributed by atoms with van der Waals surface area (Å²) in [4.78, 5) is 2.43. The van der Waals surface area contributed by atoms with Crippen molar-refractivity contribution in [2.75, 3.05) is 4.90 Å². The molecule has 11 rings (SSSR count). The molecule has 0 saturated heterocycles. The van der Waals surface area contributed by atoms with E-state index in [1.165, 1.54) is 48.8 Å². The van der Waals surface area contributed by atoms with E-state index in [1.807, 2.05) is 0 Å². The third-order valence-corrected chi connectivity index (χ3v) is 11.0. The summed E-state index contributed by atoms with van der Waals surface area (Å²) < 4.78 is 6.65. The first-order valence-corrected chi connectivity index (χ1v) is 18.5. The lowest BCUT2D eigenvalue weighted by atomic mass is 9.93. The average molecular weight is 688 g/mol. The van der Waals surface area contributed by atoms with Gasteiger partial charge in [-0.15, -0.1) is 0 Å². The van der Waals surface area contributed by atoms with Gasteiger partial charge in [0.15, 0.2) is 0 Å². The predicted octanol–water partition coefficient (Wildman–Crippen LogP) is 15.0. The maximum atomic E-state index is 6.65. The molecule has 0 N–H and O–H groups in total. The Kier molecular flexibility index (Phi) is 6.90. The van der Waals surface area contributed by atoms with E-state index < -0.39 is 0 Å². The number of anilines is 3. The Morgan fingerprint density at radius 1 is 0.333 bits per heavy atom. The smallest absolute Gasteiger partial charge is 0.143 e. The maximum Gasteiger partial charge on any atom is 0.143 e. The lowest BCUT2D eigenvalue weighted by molar-refractivity contribution is 0.673. The number of furan rings is 1. The molecule has 0 aliphatic carbocycles. The maximum absolute atomic E-state index is 6.65. The van der Waals surface area contributed by atoms with E-state index in [-0.39, 0.29) is 0 Å². The van der Waals surface area contributed by atoms with Crippen LogP contribution in [0.25, 0.3) is 87.3 Å². The van der Waals surface area contributed by atoms with E-state index in [0.29, 0.717) is 0 Å². The normalized spacial score (nSPS) is 11.7. The van der Waals surface area contributed by atoms with E-state index in [9.17, 15) is 0 Å². The molecule has 0 bridgehead atoms. The summed E-state index contributed by atoms with van der Waals surface area (Å²) in [5, 5.41) is 12.0. The van der Waals surface area contributed by atoms with Crippen molar-refractivity contribution in [2.24, 2.45) is 0 Å². The molecule has 2 heteroatoms. The summed E-state index contributed by atoms with van der Waals surface area (Å²) in [5.41, 5.74) is 9.82. The molecule has 10 aromatic carbocycles. The number of rotatable bonds is 5. The molecule has 0 aliphatic heterocycles. The summed E-state index contributed by atoms with van der Waals surface area (Å²) in [6.45, 7) is 0. The second-order valence-corrected chi connectivity index (χ2v) is 14.0. The van der Waals surface area contributed by atoms with Crippen molar-refractivity contribution in [3.8, 4) is 22.3 Å². The molecule has 54 heavy (non-hydrogen) atoms. The number of benzene rings is 10. The van der Waals surface area contributed by atoms with Crippen molar-refractivity contribution in [1.82, 2.24) is 0 Å². The zero-order chi connectivity index (χ0) is 35.6. The van der Waals surface area contributed by atoms with Crippen LogP contribution >= 0.6 is 0 Å². The van der Waals surface area contributed by atoms with Crippen molar-refractivity contribution >= 4 is 82.1 Å². The molecule has 0 saturated carbocycles. The fraction of sp³-hybridized carbons (Fsp3) is 0. The average Bonchev–Trinajstić information content (AvgIpc) is 3.64. The molecule has 0 amide bonds. The minimum Gasteiger partial charge on any atom is -0.455 e. The first-order valence-electron chi connectivity index (χ1n) is 18.5. The Hall–Kier alpha value is -7.16. The van der Waals surface area contributed by atoms with Crippen LogP contribution in [0.2, 0.25) is 0 Å².